The topological polar surface area (TPSA) is 91.0 Å². The Balaban J connectivity index is 1.31. The van der Waals surface area contributed by atoms with Gasteiger partial charge in [-0.2, -0.15) is 5.10 Å². The molecule has 2 aromatic rings. The summed E-state index contributed by atoms with van der Waals surface area (Å²) in [6, 6.07) is 1.70. The zero-order valence-corrected chi connectivity index (χ0v) is 16.1. The first-order valence-electron chi connectivity index (χ1n) is 9.75. The first-order valence-corrected chi connectivity index (χ1v) is 10.6. The molecule has 2 aliphatic rings. The van der Waals surface area contributed by atoms with Gasteiger partial charge in [-0.15, -0.1) is 11.3 Å². The van der Waals surface area contributed by atoms with Gasteiger partial charge in [0.1, 0.15) is 11.5 Å². The Labute approximate surface area is 162 Å². The summed E-state index contributed by atoms with van der Waals surface area (Å²) in [6.45, 7) is 1.60. The number of hydrogen-bond donors (Lipinski definition) is 2. The van der Waals surface area contributed by atoms with Crippen LogP contribution in [0.5, 0.6) is 0 Å². The molecule has 8 heteroatoms. The highest BCUT2D eigenvalue weighted by molar-refractivity contribution is 7.09. The number of piperidine rings is 1. The van der Waals surface area contributed by atoms with Gasteiger partial charge in [-0.3, -0.25) is 14.7 Å². The van der Waals surface area contributed by atoms with E-state index < -0.39 is 0 Å². The summed E-state index contributed by atoms with van der Waals surface area (Å²) in [6.07, 6.45) is 9.20. The van der Waals surface area contributed by atoms with Crippen LogP contribution >= 0.6 is 11.3 Å². The summed E-state index contributed by atoms with van der Waals surface area (Å²) in [5, 5.41) is 12.1. The average Bonchev–Trinajstić information content (AvgIpc) is 3.40. The third-order valence-corrected chi connectivity index (χ3v) is 6.62. The van der Waals surface area contributed by atoms with Crippen molar-refractivity contribution in [1.82, 2.24) is 20.1 Å². The molecule has 2 aromatic heterocycles. The average molecular weight is 388 g/mol. The Bertz CT molecular complexity index is 774. The Kier molecular flexibility index (Phi) is 5.52. The lowest BCUT2D eigenvalue weighted by Gasteiger charge is -2.34. The molecule has 27 heavy (non-hydrogen) atoms. The lowest BCUT2D eigenvalue weighted by Crippen LogP contribution is -2.41. The van der Waals surface area contributed by atoms with Crippen LogP contribution in [0.2, 0.25) is 0 Å². The van der Waals surface area contributed by atoms with Crippen molar-refractivity contribution >= 4 is 29.0 Å². The van der Waals surface area contributed by atoms with Crippen LogP contribution in [0.1, 0.15) is 66.4 Å². The fourth-order valence-corrected chi connectivity index (χ4v) is 5.02. The Morgan fingerprint density at radius 3 is 2.63 bits per heavy atom. The number of amides is 2. The summed E-state index contributed by atoms with van der Waals surface area (Å²) >= 11 is 1.53. The smallest absolute Gasteiger partial charge is 0.276 e. The first kappa shape index (κ1) is 18.2. The van der Waals surface area contributed by atoms with E-state index in [1.165, 1.54) is 30.6 Å². The number of anilines is 1. The highest BCUT2D eigenvalue weighted by Gasteiger charge is 2.30. The first-order chi connectivity index (χ1) is 13.2. The van der Waals surface area contributed by atoms with E-state index in [9.17, 15) is 9.59 Å². The van der Waals surface area contributed by atoms with Gasteiger partial charge in [-0.25, -0.2) is 4.98 Å². The van der Waals surface area contributed by atoms with Crippen LogP contribution in [-0.4, -0.2) is 45.0 Å². The van der Waals surface area contributed by atoms with Crippen LogP contribution in [0.25, 0.3) is 0 Å². The molecule has 0 atom stereocenters. The van der Waals surface area contributed by atoms with Crippen LogP contribution in [0.15, 0.2) is 17.6 Å². The second kappa shape index (κ2) is 8.21. The van der Waals surface area contributed by atoms with Crippen molar-refractivity contribution in [1.29, 1.82) is 0 Å². The molecular formula is C19H25N5O2S. The molecule has 1 aliphatic carbocycles. The van der Waals surface area contributed by atoms with E-state index in [1.54, 1.807) is 17.6 Å². The highest BCUT2D eigenvalue weighted by Crippen LogP contribution is 2.32. The van der Waals surface area contributed by atoms with Gasteiger partial charge in [0.05, 0.1) is 11.2 Å². The predicted molar refractivity (Wildman–Crippen MR) is 104 cm³/mol. The Morgan fingerprint density at radius 1 is 1.15 bits per heavy atom. The molecule has 3 heterocycles. The van der Waals surface area contributed by atoms with E-state index in [0.29, 0.717) is 23.3 Å². The van der Waals surface area contributed by atoms with Gasteiger partial charge in [-0.1, -0.05) is 19.3 Å². The summed E-state index contributed by atoms with van der Waals surface area (Å²) in [7, 11) is 0. The molecule has 2 N–H and O–H groups in total. The third kappa shape index (κ3) is 4.21. The fourth-order valence-electron chi connectivity index (χ4n) is 4.05. The predicted octanol–water partition coefficient (Wildman–Crippen LogP) is 3.40. The summed E-state index contributed by atoms with van der Waals surface area (Å²) in [5.74, 6) is 1.26. The van der Waals surface area contributed by atoms with Crippen LogP contribution in [0, 0.1) is 5.92 Å². The molecule has 4 rings (SSSR count). The number of hydrogen-bond acceptors (Lipinski definition) is 5. The van der Waals surface area contributed by atoms with Gasteiger partial charge < -0.3 is 10.2 Å². The third-order valence-electron chi connectivity index (χ3n) is 5.61. The summed E-state index contributed by atoms with van der Waals surface area (Å²) in [4.78, 5) is 31.5. The maximum Gasteiger partial charge on any atom is 0.276 e. The highest BCUT2D eigenvalue weighted by atomic mass is 32.1. The standard InChI is InChI=1S/C19H25N5O2S/c25-17(22-16-6-9-20-23-16)15-12-27-18(21-15)13-7-10-24(11-8-13)19(26)14-4-2-1-3-5-14/h6,9,12-14H,1-5,7-8,10-11H2,(H2,20,22,23,25). The Morgan fingerprint density at radius 2 is 1.93 bits per heavy atom. The molecule has 7 nitrogen and oxygen atoms in total. The Hall–Kier alpha value is -2.22. The van der Waals surface area contributed by atoms with Gasteiger partial charge in [0, 0.05) is 36.4 Å². The van der Waals surface area contributed by atoms with E-state index in [-0.39, 0.29) is 11.8 Å². The fraction of sp³-hybridized carbons (Fsp3) is 0.579. The molecule has 0 spiro atoms. The van der Waals surface area contributed by atoms with Gasteiger partial charge in [0.15, 0.2) is 0 Å². The second-order valence-corrected chi connectivity index (χ2v) is 8.32. The van der Waals surface area contributed by atoms with E-state index in [2.05, 4.69) is 20.5 Å². The van der Waals surface area contributed by atoms with Crippen molar-refractivity contribution in [3.8, 4) is 0 Å². The molecular weight excluding hydrogens is 362 g/mol. The van der Waals surface area contributed by atoms with Crippen molar-refractivity contribution in [2.24, 2.45) is 5.92 Å². The van der Waals surface area contributed by atoms with Gasteiger partial charge in [0.25, 0.3) is 5.91 Å². The lowest BCUT2D eigenvalue weighted by molar-refractivity contribution is -0.137. The zero-order chi connectivity index (χ0) is 18.6. The number of carbonyl (C=O) groups is 2. The molecule has 1 saturated carbocycles. The minimum atomic E-state index is -0.230. The molecule has 1 saturated heterocycles. The number of likely N-dealkylation sites (tertiary alicyclic amines) is 1. The lowest BCUT2D eigenvalue weighted by atomic mass is 9.87. The SMILES string of the molecule is O=C(Nc1ccn[nH]1)c1csc(C2CCN(C(=O)C3CCCCC3)CC2)n1. The molecule has 0 bridgehead atoms. The van der Waals surface area contributed by atoms with Crippen molar-refractivity contribution < 1.29 is 9.59 Å². The van der Waals surface area contributed by atoms with Gasteiger partial charge in [0.2, 0.25) is 5.91 Å². The van der Waals surface area contributed by atoms with Gasteiger partial charge in [-0.05, 0) is 25.7 Å². The number of aromatic nitrogens is 3. The number of carbonyl (C=O) groups excluding carboxylic acids is 2. The quantitative estimate of drug-likeness (QED) is 0.841. The minimum Gasteiger partial charge on any atom is -0.342 e. The van der Waals surface area contributed by atoms with Gasteiger partial charge >= 0.3 is 0 Å². The molecule has 2 amide bonds. The second-order valence-electron chi connectivity index (χ2n) is 7.43. The van der Waals surface area contributed by atoms with E-state index in [4.69, 9.17) is 0 Å². The normalized spacial score (nSPS) is 19.2. The van der Waals surface area contributed by atoms with E-state index in [0.717, 1.165) is 43.8 Å². The molecule has 144 valence electrons. The number of nitrogens with one attached hydrogen (secondary N) is 2. The van der Waals surface area contributed by atoms with Crippen molar-refractivity contribution in [3.05, 3.63) is 28.3 Å². The summed E-state index contributed by atoms with van der Waals surface area (Å²) in [5.41, 5.74) is 0.435. The van der Waals surface area contributed by atoms with Crippen molar-refractivity contribution in [2.75, 3.05) is 18.4 Å². The number of H-pyrrole nitrogens is 1. The molecule has 0 radical (unpaired) electrons. The van der Waals surface area contributed by atoms with E-state index >= 15 is 0 Å². The molecule has 0 unspecified atom stereocenters. The number of nitrogens with zero attached hydrogens (tertiary/aromatic N) is 3. The number of aromatic amines is 1. The largest absolute Gasteiger partial charge is 0.342 e. The molecule has 2 fully saturated rings. The maximum absolute atomic E-state index is 12.7. The summed E-state index contributed by atoms with van der Waals surface area (Å²) < 4.78 is 0. The van der Waals surface area contributed by atoms with Crippen LogP contribution in [0.4, 0.5) is 5.82 Å². The van der Waals surface area contributed by atoms with Crippen molar-refractivity contribution in [3.63, 3.8) is 0 Å². The van der Waals surface area contributed by atoms with Crippen LogP contribution in [0.3, 0.4) is 0 Å². The number of thiazole rings is 1. The molecule has 1 aliphatic heterocycles. The monoisotopic (exact) mass is 387 g/mol. The van der Waals surface area contributed by atoms with Crippen LogP contribution in [-0.2, 0) is 4.79 Å². The van der Waals surface area contributed by atoms with Crippen LogP contribution < -0.4 is 5.32 Å². The molecule has 0 aromatic carbocycles. The van der Waals surface area contributed by atoms with E-state index in [1.807, 2.05) is 4.90 Å². The maximum atomic E-state index is 12.7. The zero-order valence-electron chi connectivity index (χ0n) is 15.3. The van der Waals surface area contributed by atoms with Crippen molar-refractivity contribution in [2.45, 2.75) is 50.9 Å². The minimum absolute atomic E-state index is 0.230. The number of rotatable bonds is 4.